The van der Waals surface area contributed by atoms with E-state index in [1.54, 1.807) is 0 Å². The molecule has 0 unspecified atom stereocenters. The van der Waals surface area contributed by atoms with Crippen molar-refractivity contribution in [2.24, 2.45) is 0 Å². The molecule has 0 spiro atoms. The Balaban J connectivity index is 1.98. The molecule has 2 aliphatic heterocycles. The minimum atomic E-state index is -0.898. The monoisotopic (exact) mass is 301 g/mol. The van der Waals surface area contributed by atoms with E-state index in [0.29, 0.717) is 12.1 Å². The zero-order valence-electron chi connectivity index (χ0n) is 12.4. The number of aliphatic carboxylic acids is 1. The topological polar surface area (TPSA) is 40.5 Å². The molecule has 0 fully saturated rings. The van der Waals surface area contributed by atoms with Crippen LogP contribution < -0.4 is 0 Å². The van der Waals surface area contributed by atoms with Gasteiger partial charge in [0.15, 0.2) is 0 Å². The van der Waals surface area contributed by atoms with Gasteiger partial charge in [0.25, 0.3) is 0 Å². The van der Waals surface area contributed by atoms with Crippen molar-refractivity contribution >= 4 is 23.3 Å². The number of hydrogen-bond donors (Lipinski definition) is 1. The second-order valence-corrected chi connectivity index (χ2v) is 5.57. The highest BCUT2D eigenvalue weighted by Crippen LogP contribution is 2.39. The van der Waals surface area contributed by atoms with Crippen LogP contribution in [0.3, 0.4) is 0 Å². The number of hydrogen-bond acceptors (Lipinski definition) is 2. The van der Waals surface area contributed by atoms with Crippen LogP contribution in [0.15, 0.2) is 72.4 Å². The molecule has 2 aromatic rings. The molecule has 1 N–H and O–H groups in total. The van der Waals surface area contributed by atoms with E-state index >= 15 is 0 Å². The molecule has 112 valence electrons. The molecule has 0 aliphatic carbocycles. The van der Waals surface area contributed by atoms with Crippen molar-refractivity contribution in [1.82, 2.24) is 4.90 Å². The quantitative estimate of drug-likeness (QED) is 0.915. The van der Waals surface area contributed by atoms with E-state index in [-0.39, 0.29) is 0 Å². The van der Waals surface area contributed by atoms with Gasteiger partial charge in [0.1, 0.15) is 0 Å². The van der Waals surface area contributed by atoms with Crippen molar-refractivity contribution < 1.29 is 9.90 Å². The Morgan fingerprint density at radius 3 is 2.52 bits per heavy atom. The van der Waals surface area contributed by atoms with Crippen LogP contribution in [0, 0.1) is 0 Å². The Morgan fingerprint density at radius 2 is 1.74 bits per heavy atom. The highest BCUT2D eigenvalue weighted by Gasteiger charge is 2.30. The molecule has 23 heavy (non-hydrogen) atoms. The smallest absolute Gasteiger partial charge is 0.338 e. The molecule has 0 bridgehead atoms. The number of rotatable bonds is 2. The Morgan fingerprint density at radius 1 is 1.00 bits per heavy atom. The molecule has 4 rings (SSSR count). The first kappa shape index (κ1) is 13.6. The summed E-state index contributed by atoms with van der Waals surface area (Å²) in [6.07, 6.45) is 5.97. The fourth-order valence-corrected chi connectivity index (χ4v) is 3.20. The standard InChI is InChI=1S/C20H15NO2/c22-20(23)18-16(14-6-2-1-3-7-14)11-13-21-12-10-15-8-4-5-9-17(15)19(18)21/h1-12H,13H2,(H,22,23). The van der Waals surface area contributed by atoms with Crippen molar-refractivity contribution in [2.75, 3.05) is 6.54 Å². The van der Waals surface area contributed by atoms with E-state index in [1.807, 2.05) is 77.8 Å². The Labute approximate surface area is 134 Å². The number of benzene rings is 2. The number of carboxylic acid groups (broad SMARTS) is 1. The Bertz CT molecular complexity index is 876. The van der Waals surface area contributed by atoms with Gasteiger partial charge in [-0.05, 0) is 22.8 Å². The summed E-state index contributed by atoms with van der Waals surface area (Å²) in [6, 6.07) is 17.6. The molecule has 0 saturated heterocycles. The van der Waals surface area contributed by atoms with Crippen LogP contribution in [0.1, 0.15) is 16.7 Å². The highest BCUT2D eigenvalue weighted by molar-refractivity contribution is 6.13. The molecule has 2 aliphatic rings. The van der Waals surface area contributed by atoms with Crippen molar-refractivity contribution in [3.8, 4) is 0 Å². The van der Waals surface area contributed by atoms with Gasteiger partial charge >= 0.3 is 5.97 Å². The first-order valence-electron chi connectivity index (χ1n) is 7.53. The molecule has 2 aromatic carbocycles. The predicted octanol–water partition coefficient (Wildman–Crippen LogP) is 3.87. The summed E-state index contributed by atoms with van der Waals surface area (Å²) in [5.74, 6) is -0.898. The van der Waals surface area contributed by atoms with Gasteiger partial charge in [-0.2, -0.15) is 0 Å². The van der Waals surface area contributed by atoms with E-state index < -0.39 is 5.97 Å². The maximum absolute atomic E-state index is 12.1. The Kier molecular flexibility index (Phi) is 3.12. The minimum Gasteiger partial charge on any atom is -0.478 e. The van der Waals surface area contributed by atoms with Crippen LogP contribution in [0.2, 0.25) is 0 Å². The van der Waals surface area contributed by atoms with Gasteiger partial charge in [0, 0.05) is 18.3 Å². The zero-order chi connectivity index (χ0) is 15.8. The maximum atomic E-state index is 12.1. The molecule has 2 heterocycles. The van der Waals surface area contributed by atoms with Crippen molar-refractivity contribution in [2.45, 2.75) is 0 Å². The van der Waals surface area contributed by atoms with Gasteiger partial charge in [0.2, 0.25) is 0 Å². The molecule has 0 atom stereocenters. The summed E-state index contributed by atoms with van der Waals surface area (Å²) in [4.78, 5) is 14.1. The lowest BCUT2D eigenvalue weighted by molar-refractivity contribution is -0.132. The van der Waals surface area contributed by atoms with Crippen LogP contribution >= 0.6 is 0 Å². The van der Waals surface area contributed by atoms with Crippen LogP contribution in [0.4, 0.5) is 0 Å². The third-order valence-electron chi connectivity index (χ3n) is 4.23. The van der Waals surface area contributed by atoms with Crippen LogP contribution in [-0.4, -0.2) is 22.5 Å². The average molecular weight is 301 g/mol. The van der Waals surface area contributed by atoms with E-state index in [2.05, 4.69) is 0 Å². The second-order valence-electron chi connectivity index (χ2n) is 5.57. The van der Waals surface area contributed by atoms with Gasteiger partial charge in [-0.25, -0.2) is 4.79 Å². The van der Waals surface area contributed by atoms with E-state index in [1.165, 1.54) is 0 Å². The fourth-order valence-electron chi connectivity index (χ4n) is 3.20. The summed E-state index contributed by atoms with van der Waals surface area (Å²) in [6.45, 7) is 0.668. The normalized spacial score (nSPS) is 15.8. The van der Waals surface area contributed by atoms with E-state index in [9.17, 15) is 9.90 Å². The lowest BCUT2D eigenvalue weighted by atomic mass is 9.88. The van der Waals surface area contributed by atoms with Gasteiger partial charge < -0.3 is 10.0 Å². The lowest BCUT2D eigenvalue weighted by Crippen LogP contribution is -2.26. The summed E-state index contributed by atoms with van der Waals surface area (Å²) in [5.41, 5.74) is 4.87. The summed E-state index contributed by atoms with van der Waals surface area (Å²) in [5, 5.41) is 9.89. The molecule has 0 saturated carbocycles. The zero-order valence-corrected chi connectivity index (χ0v) is 12.4. The SMILES string of the molecule is O=C(O)C1=C2c3ccccc3C=CN2CC=C1c1ccccc1. The van der Waals surface area contributed by atoms with Gasteiger partial charge in [0.05, 0.1) is 11.3 Å². The van der Waals surface area contributed by atoms with E-state index in [0.717, 1.165) is 28.0 Å². The molecule has 0 aromatic heterocycles. The predicted molar refractivity (Wildman–Crippen MR) is 91.2 cm³/mol. The van der Waals surface area contributed by atoms with Crippen LogP contribution in [0.25, 0.3) is 17.3 Å². The van der Waals surface area contributed by atoms with Crippen LogP contribution in [-0.2, 0) is 4.79 Å². The molecule has 0 amide bonds. The molecule has 3 heteroatoms. The summed E-state index contributed by atoms with van der Waals surface area (Å²) in [7, 11) is 0. The van der Waals surface area contributed by atoms with Crippen LogP contribution in [0.5, 0.6) is 0 Å². The molecular formula is C20H15NO2. The maximum Gasteiger partial charge on any atom is 0.338 e. The first-order chi connectivity index (χ1) is 11.3. The minimum absolute atomic E-state index is 0.360. The van der Waals surface area contributed by atoms with Crippen molar-refractivity contribution in [3.63, 3.8) is 0 Å². The van der Waals surface area contributed by atoms with E-state index in [4.69, 9.17) is 0 Å². The van der Waals surface area contributed by atoms with Crippen molar-refractivity contribution in [3.05, 3.63) is 89.1 Å². The second kappa shape index (κ2) is 5.29. The highest BCUT2D eigenvalue weighted by atomic mass is 16.4. The Hall–Kier alpha value is -3.07. The van der Waals surface area contributed by atoms with Gasteiger partial charge in [-0.1, -0.05) is 60.7 Å². The number of fused-ring (bicyclic) bond motifs is 3. The van der Waals surface area contributed by atoms with Gasteiger partial charge in [-0.3, -0.25) is 0 Å². The first-order valence-corrected chi connectivity index (χ1v) is 7.53. The fraction of sp³-hybridized carbons (Fsp3) is 0.0500. The van der Waals surface area contributed by atoms with Crippen molar-refractivity contribution in [1.29, 1.82) is 0 Å². The number of carboxylic acids is 1. The summed E-state index contributed by atoms with van der Waals surface area (Å²) < 4.78 is 0. The third kappa shape index (κ3) is 2.18. The summed E-state index contributed by atoms with van der Waals surface area (Å²) >= 11 is 0. The largest absolute Gasteiger partial charge is 0.478 e. The number of carbonyl (C=O) groups is 1. The van der Waals surface area contributed by atoms with Gasteiger partial charge in [-0.15, -0.1) is 0 Å². The third-order valence-corrected chi connectivity index (χ3v) is 4.23. The average Bonchev–Trinajstić information content (AvgIpc) is 2.61. The molecule has 3 nitrogen and oxygen atoms in total. The molecule has 0 radical (unpaired) electrons. The molecular weight excluding hydrogens is 286 g/mol. The lowest BCUT2D eigenvalue weighted by Gasteiger charge is -2.33. The number of nitrogens with zero attached hydrogens (tertiary/aromatic N) is 1.